The van der Waals surface area contributed by atoms with Crippen molar-refractivity contribution in [2.24, 2.45) is 5.73 Å². The zero-order valence-electron chi connectivity index (χ0n) is 8.97. The molecule has 1 rings (SSSR count). The molecular formula is C10H11F3N2O2. The summed E-state index contributed by atoms with van der Waals surface area (Å²) < 4.78 is 42.9. The van der Waals surface area contributed by atoms with Gasteiger partial charge in [0.05, 0.1) is 6.61 Å². The van der Waals surface area contributed by atoms with Gasteiger partial charge in [-0.25, -0.2) is 13.2 Å². The molecule has 0 fully saturated rings. The minimum atomic E-state index is -1.59. The van der Waals surface area contributed by atoms with E-state index >= 15 is 0 Å². The maximum Gasteiger partial charge on any atom is 0.243 e. The first-order valence-corrected chi connectivity index (χ1v) is 4.65. The van der Waals surface area contributed by atoms with Crippen molar-refractivity contribution in [3.63, 3.8) is 0 Å². The molecule has 4 nitrogen and oxygen atoms in total. The molecule has 0 radical (unpaired) electrons. The number of methoxy groups -OCH3 is 1. The molecule has 0 aliphatic heterocycles. The van der Waals surface area contributed by atoms with E-state index in [0.29, 0.717) is 12.1 Å². The van der Waals surface area contributed by atoms with E-state index in [-0.39, 0.29) is 12.3 Å². The second-order valence-electron chi connectivity index (χ2n) is 3.30. The van der Waals surface area contributed by atoms with Crippen LogP contribution in [0.15, 0.2) is 12.1 Å². The van der Waals surface area contributed by atoms with Crippen LogP contribution >= 0.6 is 0 Å². The summed E-state index contributed by atoms with van der Waals surface area (Å²) in [4.78, 5) is 11.4. The zero-order chi connectivity index (χ0) is 13.0. The van der Waals surface area contributed by atoms with E-state index in [4.69, 9.17) is 5.73 Å². The molecule has 3 N–H and O–H groups in total. The third-order valence-corrected chi connectivity index (χ3v) is 1.93. The smallest absolute Gasteiger partial charge is 0.243 e. The van der Waals surface area contributed by atoms with Gasteiger partial charge in [0, 0.05) is 24.9 Å². The van der Waals surface area contributed by atoms with Gasteiger partial charge in [-0.2, -0.15) is 0 Å². The van der Waals surface area contributed by atoms with Crippen molar-refractivity contribution in [2.45, 2.75) is 6.04 Å². The first-order chi connectivity index (χ1) is 7.95. The Kier molecular flexibility index (Phi) is 4.47. The van der Waals surface area contributed by atoms with Crippen LogP contribution in [0.1, 0.15) is 0 Å². The minimum absolute atomic E-state index is 0.0437. The fourth-order valence-electron chi connectivity index (χ4n) is 1.12. The van der Waals surface area contributed by atoms with Gasteiger partial charge in [-0.3, -0.25) is 4.79 Å². The lowest BCUT2D eigenvalue weighted by atomic mass is 10.2. The van der Waals surface area contributed by atoms with Crippen molar-refractivity contribution < 1.29 is 22.7 Å². The van der Waals surface area contributed by atoms with Crippen molar-refractivity contribution in [3.05, 3.63) is 29.6 Å². The predicted molar refractivity (Wildman–Crippen MR) is 54.8 cm³/mol. The summed E-state index contributed by atoms with van der Waals surface area (Å²) in [5.41, 5.74) is 5.17. The number of carbonyl (C=O) groups excluding carboxylic acids is 1. The molecule has 0 aromatic heterocycles. The summed E-state index contributed by atoms with van der Waals surface area (Å²) >= 11 is 0. The van der Waals surface area contributed by atoms with Crippen molar-refractivity contribution in [1.82, 2.24) is 0 Å². The summed E-state index contributed by atoms with van der Waals surface area (Å²) in [5.74, 6) is -5.05. The van der Waals surface area contributed by atoms with Gasteiger partial charge in [-0.15, -0.1) is 0 Å². The lowest BCUT2D eigenvalue weighted by molar-refractivity contribution is -0.118. The number of amides is 1. The molecule has 1 unspecified atom stereocenters. The van der Waals surface area contributed by atoms with Gasteiger partial charge in [-0.1, -0.05) is 0 Å². The maximum absolute atomic E-state index is 12.8. The normalized spacial score (nSPS) is 12.3. The SMILES string of the molecule is COCC(N)C(=O)Nc1cc(F)c(F)c(F)c1. The Morgan fingerprint density at radius 2 is 1.94 bits per heavy atom. The summed E-state index contributed by atoms with van der Waals surface area (Å²) in [6.07, 6.45) is 0. The van der Waals surface area contributed by atoms with Crippen molar-refractivity contribution in [2.75, 3.05) is 19.0 Å². The highest BCUT2D eigenvalue weighted by Gasteiger charge is 2.16. The first kappa shape index (κ1) is 13.5. The number of hydrogen-bond acceptors (Lipinski definition) is 3. The molecule has 0 heterocycles. The highest BCUT2D eigenvalue weighted by Crippen LogP contribution is 2.17. The molecule has 0 bridgehead atoms. The molecule has 1 atom stereocenters. The van der Waals surface area contributed by atoms with Crippen molar-refractivity contribution >= 4 is 11.6 Å². The molecule has 7 heteroatoms. The Morgan fingerprint density at radius 1 is 1.41 bits per heavy atom. The molecule has 94 valence electrons. The van der Waals surface area contributed by atoms with Gasteiger partial charge in [-0.05, 0) is 0 Å². The number of nitrogens with one attached hydrogen (secondary N) is 1. The predicted octanol–water partition coefficient (Wildman–Crippen LogP) is 1.02. The monoisotopic (exact) mass is 248 g/mol. The standard InChI is InChI=1S/C10H11F3N2O2/c1-17-4-8(14)10(16)15-5-2-6(11)9(13)7(12)3-5/h2-3,8H,4,14H2,1H3,(H,15,16). The molecule has 0 aliphatic carbocycles. The van der Waals surface area contributed by atoms with E-state index in [9.17, 15) is 18.0 Å². The van der Waals surface area contributed by atoms with E-state index in [1.807, 2.05) is 0 Å². The molecule has 1 aromatic rings. The molecule has 0 saturated heterocycles. The van der Waals surface area contributed by atoms with Crippen LogP contribution in [-0.4, -0.2) is 25.7 Å². The Balaban J connectivity index is 2.79. The molecule has 1 aromatic carbocycles. The third kappa shape index (κ3) is 3.43. The van der Waals surface area contributed by atoms with Crippen LogP contribution in [0.4, 0.5) is 18.9 Å². The fourth-order valence-corrected chi connectivity index (χ4v) is 1.12. The fraction of sp³-hybridized carbons (Fsp3) is 0.300. The summed E-state index contributed by atoms with van der Waals surface area (Å²) in [7, 11) is 1.35. The van der Waals surface area contributed by atoms with Crippen LogP contribution in [-0.2, 0) is 9.53 Å². The van der Waals surface area contributed by atoms with E-state index in [2.05, 4.69) is 10.1 Å². The Bertz CT molecular complexity index is 403. The van der Waals surface area contributed by atoms with Crippen LogP contribution < -0.4 is 11.1 Å². The number of halogens is 3. The van der Waals surface area contributed by atoms with Crippen LogP contribution in [0.25, 0.3) is 0 Å². The second kappa shape index (κ2) is 5.65. The number of rotatable bonds is 4. The Hall–Kier alpha value is -1.60. The molecule has 17 heavy (non-hydrogen) atoms. The molecule has 1 amide bonds. The number of anilines is 1. The number of hydrogen-bond donors (Lipinski definition) is 2. The topological polar surface area (TPSA) is 64.3 Å². The van der Waals surface area contributed by atoms with Gasteiger partial charge in [0.2, 0.25) is 5.91 Å². The van der Waals surface area contributed by atoms with Crippen LogP contribution in [0.5, 0.6) is 0 Å². The Morgan fingerprint density at radius 3 is 2.41 bits per heavy atom. The molecule has 0 saturated carbocycles. The largest absolute Gasteiger partial charge is 0.383 e. The van der Waals surface area contributed by atoms with Gasteiger partial charge in [0.1, 0.15) is 6.04 Å². The average molecular weight is 248 g/mol. The van der Waals surface area contributed by atoms with E-state index in [1.54, 1.807) is 0 Å². The van der Waals surface area contributed by atoms with Crippen LogP contribution in [0, 0.1) is 17.5 Å². The number of benzene rings is 1. The maximum atomic E-state index is 12.8. The van der Waals surface area contributed by atoms with E-state index in [0.717, 1.165) is 0 Å². The van der Waals surface area contributed by atoms with Gasteiger partial charge >= 0.3 is 0 Å². The number of ether oxygens (including phenoxy) is 1. The molecule has 0 aliphatic rings. The summed E-state index contributed by atoms with van der Waals surface area (Å²) in [6.45, 7) is -0.0437. The van der Waals surface area contributed by atoms with Crippen molar-refractivity contribution in [3.8, 4) is 0 Å². The lowest BCUT2D eigenvalue weighted by Gasteiger charge is -2.11. The van der Waals surface area contributed by atoms with Crippen LogP contribution in [0.3, 0.4) is 0 Å². The summed E-state index contributed by atoms with van der Waals surface area (Å²) in [6, 6.07) is 0.349. The van der Waals surface area contributed by atoms with Gasteiger partial charge in [0.15, 0.2) is 17.5 Å². The second-order valence-corrected chi connectivity index (χ2v) is 3.30. The number of carbonyl (C=O) groups is 1. The zero-order valence-corrected chi connectivity index (χ0v) is 8.97. The third-order valence-electron chi connectivity index (χ3n) is 1.93. The average Bonchev–Trinajstić information content (AvgIpc) is 2.26. The molecular weight excluding hydrogens is 237 g/mol. The lowest BCUT2D eigenvalue weighted by Crippen LogP contribution is -2.39. The summed E-state index contributed by atoms with van der Waals surface area (Å²) in [5, 5.41) is 2.14. The Labute approximate surface area is 95.6 Å². The first-order valence-electron chi connectivity index (χ1n) is 4.65. The van der Waals surface area contributed by atoms with Crippen molar-refractivity contribution in [1.29, 1.82) is 0 Å². The number of nitrogens with two attached hydrogens (primary N) is 1. The highest BCUT2D eigenvalue weighted by atomic mass is 19.2. The minimum Gasteiger partial charge on any atom is -0.383 e. The van der Waals surface area contributed by atoms with E-state index < -0.39 is 29.4 Å². The molecule has 0 spiro atoms. The van der Waals surface area contributed by atoms with Crippen LogP contribution in [0.2, 0.25) is 0 Å². The quantitative estimate of drug-likeness (QED) is 0.782. The van der Waals surface area contributed by atoms with E-state index in [1.165, 1.54) is 7.11 Å². The highest BCUT2D eigenvalue weighted by molar-refractivity contribution is 5.94. The van der Waals surface area contributed by atoms with Gasteiger partial charge in [0.25, 0.3) is 0 Å². The van der Waals surface area contributed by atoms with Gasteiger partial charge < -0.3 is 15.8 Å².